The molecule has 1 heterocycles. The third kappa shape index (κ3) is 1.78. The number of aromatic carboxylic acids is 1. The van der Waals surface area contributed by atoms with Crippen molar-refractivity contribution in [3.63, 3.8) is 0 Å². The largest absolute Gasteiger partial charge is 0.545 e. The molecular formula is C11H7ClNO2-. The molecule has 0 unspecified atom stereocenters. The second kappa shape index (κ2) is 3.51. The van der Waals surface area contributed by atoms with Crippen molar-refractivity contribution in [3.05, 3.63) is 40.5 Å². The summed E-state index contributed by atoms with van der Waals surface area (Å²) < 4.78 is 0. The SMILES string of the molecule is Cc1cc(C(=O)[O-])c2cc(Cl)ccc2n1. The van der Waals surface area contributed by atoms with E-state index in [9.17, 15) is 9.90 Å². The van der Waals surface area contributed by atoms with Crippen LogP contribution in [0.3, 0.4) is 0 Å². The van der Waals surface area contributed by atoms with Crippen LogP contribution in [-0.4, -0.2) is 11.0 Å². The van der Waals surface area contributed by atoms with Crippen LogP contribution in [0.1, 0.15) is 16.1 Å². The molecule has 0 aliphatic rings. The van der Waals surface area contributed by atoms with Gasteiger partial charge in [-0.1, -0.05) is 11.6 Å². The Morgan fingerprint density at radius 3 is 2.80 bits per heavy atom. The third-order valence-corrected chi connectivity index (χ3v) is 2.35. The molecule has 0 bridgehead atoms. The lowest BCUT2D eigenvalue weighted by Crippen LogP contribution is -2.22. The summed E-state index contributed by atoms with van der Waals surface area (Å²) in [6.07, 6.45) is 0. The van der Waals surface area contributed by atoms with E-state index >= 15 is 0 Å². The average Bonchev–Trinajstić information content (AvgIpc) is 2.17. The molecule has 0 spiro atoms. The van der Waals surface area contributed by atoms with Crippen molar-refractivity contribution in [2.75, 3.05) is 0 Å². The summed E-state index contributed by atoms with van der Waals surface area (Å²) in [4.78, 5) is 15.1. The highest BCUT2D eigenvalue weighted by Gasteiger charge is 2.05. The van der Waals surface area contributed by atoms with Gasteiger partial charge in [-0.3, -0.25) is 4.98 Å². The van der Waals surface area contributed by atoms with E-state index in [2.05, 4.69) is 4.98 Å². The van der Waals surface area contributed by atoms with E-state index in [4.69, 9.17) is 11.6 Å². The number of nitrogens with zero attached hydrogens (tertiary/aromatic N) is 1. The molecule has 4 heteroatoms. The van der Waals surface area contributed by atoms with Crippen LogP contribution in [0.2, 0.25) is 5.02 Å². The van der Waals surface area contributed by atoms with Crippen LogP contribution in [0.5, 0.6) is 0 Å². The molecule has 2 rings (SSSR count). The van der Waals surface area contributed by atoms with Crippen LogP contribution in [0.25, 0.3) is 10.9 Å². The number of carbonyl (C=O) groups is 1. The summed E-state index contributed by atoms with van der Waals surface area (Å²) in [7, 11) is 0. The standard InChI is InChI=1S/C11H8ClNO2/c1-6-4-9(11(14)15)8-5-7(12)2-3-10(8)13-6/h2-5H,1H3,(H,14,15)/p-1. The van der Waals surface area contributed by atoms with Gasteiger partial charge in [0.1, 0.15) is 0 Å². The quantitative estimate of drug-likeness (QED) is 0.733. The van der Waals surface area contributed by atoms with Gasteiger partial charge in [0.25, 0.3) is 0 Å². The van der Waals surface area contributed by atoms with Gasteiger partial charge < -0.3 is 9.90 Å². The number of pyridine rings is 1. The minimum atomic E-state index is -1.22. The number of aromatic nitrogens is 1. The van der Waals surface area contributed by atoms with Gasteiger partial charge in [-0.05, 0) is 31.2 Å². The highest BCUT2D eigenvalue weighted by Crippen LogP contribution is 2.21. The number of fused-ring (bicyclic) bond motifs is 1. The van der Waals surface area contributed by atoms with E-state index < -0.39 is 5.97 Å². The fraction of sp³-hybridized carbons (Fsp3) is 0.0909. The molecule has 3 nitrogen and oxygen atoms in total. The Morgan fingerprint density at radius 1 is 1.40 bits per heavy atom. The normalized spacial score (nSPS) is 10.5. The van der Waals surface area contributed by atoms with Gasteiger partial charge in [0, 0.05) is 21.7 Å². The number of carboxylic acid groups (broad SMARTS) is 1. The summed E-state index contributed by atoms with van der Waals surface area (Å²) in [5, 5.41) is 11.9. The highest BCUT2D eigenvalue weighted by atomic mass is 35.5. The van der Waals surface area contributed by atoms with Crippen molar-refractivity contribution in [1.82, 2.24) is 4.98 Å². The van der Waals surface area contributed by atoms with Gasteiger partial charge in [-0.2, -0.15) is 0 Å². The van der Waals surface area contributed by atoms with Crippen molar-refractivity contribution in [1.29, 1.82) is 0 Å². The molecule has 15 heavy (non-hydrogen) atoms. The van der Waals surface area contributed by atoms with Crippen LogP contribution in [0, 0.1) is 6.92 Å². The summed E-state index contributed by atoms with van der Waals surface area (Å²) in [5.41, 5.74) is 1.38. The maximum atomic E-state index is 10.9. The Morgan fingerprint density at radius 2 is 2.13 bits per heavy atom. The predicted molar refractivity (Wildman–Crippen MR) is 55.8 cm³/mol. The topological polar surface area (TPSA) is 53.0 Å². The maximum Gasteiger partial charge on any atom is 0.0722 e. The van der Waals surface area contributed by atoms with E-state index in [0.717, 1.165) is 0 Å². The lowest BCUT2D eigenvalue weighted by molar-refractivity contribution is -0.254. The van der Waals surface area contributed by atoms with E-state index in [1.807, 2.05) is 0 Å². The number of rotatable bonds is 1. The van der Waals surface area contributed by atoms with Gasteiger partial charge in [-0.25, -0.2) is 0 Å². The average molecular weight is 221 g/mol. The van der Waals surface area contributed by atoms with E-state index in [-0.39, 0.29) is 5.56 Å². The zero-order chi connectivity index (χ0) is 11.0. The monoisotopic (exact) mass is 220 g/mol. The van der Waals surface area contributed by atoms with Crippen molar-refractivity contribution >= 4 is 28.5 Å². The van der Waals surface area contributed by atoms with Crippen LogP contribution in [-0.2, 0) is 0 Å². The zero-order valence-corrected chi connectivity index (χ0v) is 8.71. The molecule has 0 aliphatic carbocycles. The molecule has 1 aromatic heterocycles. The molecule has 0 saturated carbocycles. The second-order valence-corrected chi connectivity index (χ2v) is 3.70. The van der Waals surface area contributed by atoms with Gasteiger partial charge in [0.15, 0.2) is 0 Å². The fourth-order valence-corrected chi connectivity index (χ4v) is 1.67. The number of hydrogen-bond acceptors (Lipinski definition) is 3. The lowest BCUT2D eigenvalue weighted by atomic mass is 10.1. The molecular weight excluding hydrogens is 214 g/mol. The molecule has 0 N–H and O–H groups in total. The summed E-state index contributed by atoms with van der Waals surface area (Å²) in [6, 6.07) is 6.43. The Labute approximate surface area is 91.3 Å². The van der Waals surface area contributed by atoms with Gasteiger partial charge in [-0.15, -0.1) is 0 Å². The first kappa shape index (κ1) is 9.93. The molecule has 0 atom stereocenters. The number of benzene rings is 1. The Hall–Kier alpha value is -1.61. The van der Waals surface area contributed by atoms with Gasteiger partial charge in [0.05, 0.1) is 11.5 Å². The maximum absolute atomic E-state index is 10.9. The molecule has 0 saturated heterocycles. The van der Waals surface area contributed by atoms with Crippen molar-refractivity contribution in [2.24, 2.45) is 0 Å². The third-order valence-electron chi connectivity index (χ3n) is 2.12. The second-order valence-electron chi connectivity index (χ2n) is 3.26. The van der Waals surface area contributed by atoms with Crippen LogP contribution in [0.15, 0.2) is 24.3 Å². The minimum Gasteiger partial charge on any atom is -0.545 e. The number of carboxylic acids is 1. The smallest absolute Gasteiger partial charge is 0.0722 e. The molecule has 2 aromatic rings. The Balaban J connectivity index is 2.87. The predicted octanol–water partition coefficient (Wildman–Crippen LogP) is 1.56. The minimum absolute atomic E-state index is 0.125. The number of carbonyl (C=O) groups excluding carboxylic acids is 1. The molecule has 1 aromatic carbocycles. The molecule has 0 amide bonds. The first-order chi connectivity index (χ1) is 7.08. The van der Waals surface area contributed by atoms with Crippen molar-refractivity contribution in [3.8, 4) is 0 Å². The lowest BCUT2D eigenvalue weighted by Gasteiger charge is -2.08. The first-order valence-electron chi connectivity index (χ1n) is 4.36. The number of hydrogen-bond donors (Lipinski definition) is 0. The highest BCUT2D eigenvalue weighted by molar-refractivity contribution is 6.31. The molecule has 76 valence electrons. The van der Waals surface area contributed by atoms with Crippen LogP contribution >= 0.6 is 11.6 Å². The van der Waals surface area contributed by atoms with Gasteiger partial charge >= 0.3 is 0 Å². The number of aryl methyl sites for hydroxylation is 1. The Kier molecular flexibility index (Phi) is 2.32. The first-order valence-corrected chi connectivity index (χ1v) is 4.74. The molecule has 0 aliphatic heterocycles. The Bertz CT molecular complexity index is 552. The molecule has 0 fully saturated rings. The van der Waals surface area contributed by atoms with E-state index in [1.54, 1.807) is 25.1 Å². The van der Waals surface area contributed by atoms with Crippen LogP contribution < -0.4 is 5.11 Å². The number of halogens is 1. The summed E-state index contributed by atoms with van der Waals surface area (Å²) in [6.45, 7) is 1.74. The van der Waals surface area contributed by atoms with Crippen molar-refractivity contribution in [2.45, 2.75) is 6.92 Å². The van der Waals surface area contributed by atoms with Crippen molar-refractivity contribution < 1.29 is 9.90 Å². The zero-order valence-electron chi connectivity index (χ0n) is 7.95. The summed E-state index contributed by atoms with van der Waals surface area (Å²) >= 11 is 5.79. The molecule has 0 radical (unpaired) electrons. The van der Waals surface area contributed by atoms with Gasteiger partial charge in [0.2, 0.25) is 0 Å². The van der Waals surface area contributed by atoms with Crippen LogP contribution in [0.4, 0.5) is 0 Å². The fourth-order valence-electron chi connectivity index (χ4n) is 1.50. The van der Waals surface area contributed by atoms with E-state index in [0.29, 0.717) is 21.6 Å². The van der Waals surface area contributed by atoms with E-state index in [1.165, 1.54) is 6.07 Å². The summed E-state index contributed by atoms with van der Waals surface area (Å²) in [5.74, 6) is -1.22.